The molecule has 1 aliphatic heterocycles. The van der Waals surface area contributed by atoms with Crippen LogP contribution in [0.3, 0.4) is 0 Å². The highest BCUT2D eigenvalue weighted by Crippen LogP contribution is 2.36. The minimum absolute atomic E-state index is 0.495. The summed E-state index contributed by atoms with van der Waals surface area (Å²) in [6.45, 7) is 0. The molecule has 0 bridgehead atoms. The van der Waals surface area contributed by atoms with Gasteiger partial charge in [0.2, 0.25) is 0 Å². The van der Waals surface area contributed by atoms with E-state index in [1.165, 1.54) is 36.1 Å². The fourth-order valence-electron chi connectivity index (χ4n) is 3.74. The third-order valence-electron chi connectivity index (χ3n) is 4.78. The van der Waals surface area contributed by atoms with Crippen LogP contribution in [0.25, 0.3) is 0 Å². The molecule has 4 rings (SSSR count). The monoisotopic (exact) mass is 299 g/mol. The maximum atomic E-state index is 4.22. The van der Waals surface area contributed by atoms with E-state index in [-0.39, 0.29) is 0 Å². The summed E-state index contributed by atoms with van der Waals surface area (Å²) < 4.78 is 2.28. The number of rotatable bonds is 3. The molecule has 2 aliphatic rings. The Kier molecular flexibility index (Phi) is 3.74. The minimum atomic E-state index is 0.495. The van der Waals surface area contributed by atoms with Crippen molar-refractivity contribution in [1.82, 2.24) is 14.9 Å². The maximum absolute atomic E-state index is 4.22. The van der Waals surface area contributed by atoms with Crippen molar-refractivity contribution < 1.29 is 0 Å². The number of benzene rings is 1. The first-order chi connectivity index (χ1) is 10.4. The number of hydrogen-bond donors (Lipinski definition) is 1. The second-order valence-electron chi connectivity index (χ2n) is 6.05. The summed E-state index contributed by atoms with van der Waals surface area (Å²) in [6, 6.07) is 10.5. The first-order valence-corrected chi connectivity index (χ1v) is 8.96. The van der Waals surface area contributed by atoms with Crippen LogP contribution in [0.4, 0.5) is 0 Å². The van der Waals surface area contributed by atoms with Crippen molar-refractivity contribution in [2.75, 3.05) is 5.75 Å². The van der Waals surface area contributed by atoms with Crippen LogP contribution in [-0.4, -0.2) is 21.3 Å². The van der Waals surface area contributed by atoms with Crippen molar-refractivity contribution in [3.8, 4) is 0 Å². The number of hydrogen-bond acceptors (Lipinski definition) is 3. The van der Waals surface area contributed by atoms with Crippen LogP contribution in [0.15, 0.2) is 43.0 Å². The van der Waals surface area contributed by atoms with Crippen LogP contribution in [-0.2, 0) is 5.75 Å². The predicted octanol–water partition coefficient (Wildman–Crippen LogP) is 3.55. The first kappa shape index (κ1) is 13.4. The molecule has 3 atom stereocenters. The normalized spacial score (nSPS) is 28.5. The Morgan fingerprint density at radius 1 is 1.24 bits per heavy atom. The average molecular weight is 299 g/mol. The number of imidazole rings is 1. The highest BCUT2D eigenvalue weighted by atomic mass is 32.2. The van der Waals surface area contributed by atoms with Gasteiger partial charge >= 0.3 is 0 Å². The van der Waals surface area contributed by atoms with Crippen molar-refractivity contribution in [3.63, 3.8) is 0 Å². The smallest absolute Gasteiger partial charge is 0.0949 e. The van der Waals surface area contributed by atoms with Gasteiger partial charge in [-0.15, -0.1) is 0 Å². The average Bonchev–Trinajstić information content (AvgIpc) is 3.18. The van der Waals surface area contributed by atoms with Crippen molar-refractivity contribution in [2.45, 2.75) is 43.1 Å². The lowest BCUT2D eigenvalue weighted by Crippen LogP contribution is -2.38. The molecule has 1 saturated carbocycles. The summed E-state index contributed by atoms with van der Waals surface area (Å²) in [4.78, 5) is 4.22. The van der Waals surface area contributed by atoms with Gasteiger partial charge in [0.15, 0.2) is 0 Å². The van der Waals surface area contributed by atoms with E-state index in [0.717, 1.165) is 5.75 Å². The van der Waals surface area contributed by atoms with Crippen LogP contribution >= 0.6 is 11.8 Å². The molecule has 1 aromatic heterocycles. The summed E-state index contributed by atoms with van der Waals surface area (Å²) in [6.07, 6.45) is 9.80. The number of aromatic nitrogens is 2. The number of fused-ring (bicyclic) bond motifs is 1. The Morgan fingerprint density at radius 3 is 3.10 bits per heavy atom. The molecule has 3 unspecified atom stereocenters. The number of thioether (sulfide) groups is 1. The Bertz CT molecular complexity index is 596. The third-order valence-corrected chi connectivity index (χ3v) is 5.86. The molecule has 1 N–H and O–H groups in total. The zero-order chi connectivity index (χ0) is 14.1. The van der Waals surface area contributed by atoms with Gasteiger partial charge in [0, 0.05) is 42.0 Å². The van der Waals surface area contributed by atoms with Gasteiger partial charge in [-0.05, 0) is 30.4 Å². The first-order valence-electron chi connectivity index (χ1n) is 7.81. The van der Waals surface area contributed by atoms with E-state index in [1.54, 1.807) is 0 Å². The van der Waals surface area contributed by atoms with Gasteiger partial charge in [0.1, 0.15) is 0 Å². The van der Waals surface area contributed by atoms with Gasteiger partial charge in [-0.3, -0.25) is 0 Å². The summed E-state index contributed by atoms with van der Waals surface area (Å²) in [5.74, 6) is 2.34. The maximum Gasteiger partial charge on any atom is 0.0949 e. The molecule has 0 radical (unpaired) electrons. The lowest BCUT2D eigenvalue weighted by atomic mass is 10.0. The lowest BCUT2D eigenvalue weighted by Gasteiger charge is -2.31. The Labute approximate surface area is 130 Å². The second kappa shape index (κ2) is 5.85. The fraction of sp³-hybridized carbons (Fsp3) is 0.471. The zero-order valence-electron chi connectivity index (χ0n) is 12.1. The van der Waals surface area contributed by atoms with Crippen LogP contribution in [0, 0.1) is 0 Å². The largest absolute Gasteiger partial charge is 0.333 e. The van der Waals surface area contributed by atoms with E-state index in [9.17, 15) is 0 Å². The Balaban J connectivity index is 1.54. The molecule has 4 heteroatoms. The van der Waals surface area contributed by atoms with Gasteiger partial charge in [-0.1, -0.05) is 24.3 Å². The van der Waals surface area contributed by atoms with Crippen LogP contribution < -0.4 is 5.32 Å². The predicted molar refractivity (Wildman–Crippen MR) is 87.4 cm³/mol. The molecule has 3 nitrogen and oxygen atoms in total. The van der Waals surface area contributed by atoms with Gasteiger partial charge < -0.3 is 9.88 Å². The topological polar surface area (TPSA) is 29.9 Å². The highest BCUT2D eigenvalue weighted by Gasteiger charge is 2.31. The second-order valence-corrected chi connectivity index (χ2v) is 7.08. The van der Waals surface area contributed by atoms with E-state index in [0.29, 0.717) is 18.1 Å². The molecule has 0 saturated heterocycles. The van der Waals surface area contributed by atoms with Gasteiger partial charge in [-0.25, -0.2) is 4.98 Å². The molecule has 0 spiro atoms. The summed E-state index contributed by atoms with van der Waals surface area (Å²) >= 11 is 2.05. The van der Waals surface area contributed by atoms with E-state index < -0.39 is 0 Å². The highest BCUT2D eigenvalue weighted by molar-refractivity contribution is 7.98. The van der Waals surface area contributed by atoms with Crippen LogP contribution in [0.1, 0.15) is 42.5 Å². The lowest BCUT2D eigenvalue weighted by molar-refractivity contribution is 0.363. The van der Waals surface area contributed by atoms with E-state index >= 15 is 0 Å². The summed E-state index contributed by atoms with van der Waals surface area (Å²) in [5.41, 5.74) is 3.01. The van der Waals surface area contributed by atoms with E-state index in [2.05, 4.69) is 45.3 Å². The zero-order valence-corrected chi connectivity index (χ0v) is 12.9. The van der Waals surface area contributed by atoms with Crippen LogP contribution in [0.5, 0.6) is 0 Å². The van der Waals surface area contributed by atoms with Gasteiger partial charge in [0.25, 0.3) is 0 Å². The van der Waals surface area contributed by atoms with Crippen molar-refractivity contribution in [2.24, 2.45) is 0 Å². The Morgan fingerprint density at radius 2 is 2.19 bits per heavy atom. The standard InChI is InChI=1S/C17H21N3S/c1-2-5-14-13(4-1)10-21-11-16(14)19-15-6-3-7-17(15)20-9-8-18-12-20/h1-2,4-5,8-9,12,15-17,19H,3,6-7,10-11H2. The molecule has 2 aromatic rings. The number of nitrogens with one attached hydrogen (secondary N) is 1. The van der Waals surface area contributed by atoms with Gasteiger partial charge in [-0.2, -0.15) is 11.8 Å². The summed E-state index contributed by atoms with van der Waals surface area (Å²) in [7, 11) is 0. The van der Waals surface area contributed by atoms with E-state index in [1.807, 2.05) is 24.3 Å². The quantitative estimate of drug-likeness (QED) is 0.940. The third kappa shape index (κ3) is 2.62. The molecule has 2 heterocycles. The molecule has 1 aromatic carbocycles. The Hall–Kier alpha value is -1.26. The van der Waals surface area contributed by atoms with Gasteiger partial charge in [0.05, 0.1) is 6.33 Å². The minimum Gasteiger partial charge on any atom is -0.333 e. The molecule has 0 amide bonds. The fourth-order valence-corrected chi connectivity index (χ4v) is 4.85. The molecular formula is C17H21N3S. The molecule has 110 valence electrons. The van der Waals surface area contributed by atoms with Crippen LogP contribution in [0.2, 0.25) is 0 Å². The van der Waals surface area contributed by atoms with Crippen molar-refractivity contribution in [3.05, 3.63) is 54.1 Å². The molecule has 21 heavy (non-hydrogen) atoms. The van der Waals surface area contributed by atoms with Crippen molar-refractivity contribution >= 4 is 11.8 Å². The molecule has 1 fully saturated rings. The molecular weight excluding hydrogens is 278 g/mol. The van der Waals surface area contributed by atoms with Crippen molar-refractivity contribution in [1.29, 1.82) is 0 Å². The summed E-state index contributed by atoms with van der Waals surface area (Å²) in [5, 5.41) is 3.94. The van der Waals surface area contributed by atoms with E-state index in [4.69, 9.17) is 0 Å². The molecule has 1 aliphatic carbocycles. The number of nitrogens with zero attached hydrogens (tertiary/aromatic N) is 2. The SMILES string of the molecule is c1ccc2c(c1)CSCC2NC1CCCC1n1ccnc1.